The number of ether oxygens (including phenoxy) is 1. The number of carbonyl (C=O) groups is 1. The quantitative estimate of drug-likeness (QED) is 0.928. The number of hydrogen-bond acceptors (Lipinski definition) is 3. The Hall–Kier alpha value is -1.26. The topological polar surface area (TPSA) is 49.8 Å². The van der Waals surface area contributed by atoms with Crippen LogP contribution in [-0.4, -0.2) is 41.7 Å². The minimum absolute atomic E-state index is 0.0473. The van der Waals surface area contributed by atoms with E-state index in [-0.39, 0.29) is 17.8 Å². The van der Waals surface area contributed by atoms with Gasteiger partial charge >= 0.3 is 0 Å². The lowest BCUT2D eigenvalue weighted by molar-refractivity contribution is 0.00724. The minimum Gasteiger partial charge on any atom is -0.508 e. The van der Waals surface area contributed by atoms with E-state index in [0.717, 1.165) is 12.8 Å². The van der Waals surface area contributed by atoms with E-state index in [1.54, 1.807) is 4.90 Å². The molecule has 4 nitrogen and oxygen atoms in total. The molecule has 104 valence electrons. The smallest absolute Gasteiger partial charge is 0.255 e. The van der Waals surface area contributed by atoms with Gasteiger partial charge in [-0.05, 0) is 38.0 Å². The van der Waals surface area contributed by atoms with Gasteiger partial charge in [-0.1, -0.05) is 11.6 Å². The third-order valence-corrected chi connectivity index (χ3v) is 3.58. The second kappa shape index (κ2) is 6.26. The molecule has 0 radical (unpaired) electrons. The van der Waals surface area contributed by atoms with E-state index in [1.807, 2.05) is 6.92 Å². The number of hydrogen-bond donors (Lipinski definition) is 1. The first-order valence-corrected chi connectivity index (χ1v) is 6.89. The third-order valence-electron chi connectivity index (χ3n) is 3.25. The first-order valence-electron chi connectivity index (χ1n) is 6.51. The number of amides is 1. The number of likely N-dealkylation sites (tertiary alicyclic amines) is 1. The molecule has 19 heavy (non-hydrogen) atoms. The van der Waals surface area contributed by atoms with Crippen LogP contribution < -0.4 is 0 Å². The molecule has 1 atom stereocenters. The van der Waals surface area contributed by atoms with Gasteiger partial charge in [0.05, 0.1) is 16.7 Å². The fourth-order valence-electron chi connectivity index (χ4n) is 2.34. The van der Waals surface area contributed by atoms with Crippen molar-refractivity contribution in [1.82, 2.24) is 4.90 Å². The zero-order chi connectivity index (χ0) is 13.8. The number of aromatic hydroxyl groups is 1. The molecule has 0 spiro atoms. The molecule has 1 amide bonds. The third kappa shape index (κ3) is 3.39. The Balaban J connectivity index is 2.12. The van der Waals surface area contributed by atoms with E-state index in [2.05, 4.69) is 0 Å². The molecule has 0 aliphatic carbocycles. The van der Waals surface area contributed by atoms with Crippen LogP contribution in [0.5, 0.6) is 5.75 Å². The molecule has 1 aromatic carbocycles. The predicted octanol–water partition coefficient (Wildman–Crippen LogP) is 2.69. The molecule has 0 aromatic heterocycles. The van der Waals surface area contributed by atoms with Crippen LogP contribution in [0.4, 0.5) is 0 Å². The van der Waals surface area contributed by atoms with E-state index in [9.17, 15) is 9.90 Å². The summed E-state index contributed by atoms with van der Waals surface area (Å²) in [6.07, 6.45) is 2.00. The summed E-state index contributed by atoms with van der Waals surface area (Å²) in [5.41, 5.74) is 0.346. The lowest BCUT2D eigenvalue weighted by Crippen LogP contribution is -2.43. The van der Waals surface area contributed by atoms with Gasteiger partial charge < -0.3 is 14.7 Å². The largest absolute Gasteiger partial charge is 0.508 e. The number of phenolic OH excluding ortho intramolecular Hbond substituents is 1. The monoisotopic (exact) mass is 283 g/mol. The molecule has 1 N–H and O–H groups in total. The van der Waals surface area contributed by atoms with Crippen LogP contribution in [0.3, 0.4) is 0 Å². The Bertz CT molecular complexity index is 462. The van der Waals surface area contributed by atoms with Gasteiger partial charge in [0.15, 0.2) is 0 Å². The Kier molecular flexibility index (Phi) is 4.66. The summed E-state index contributed by atoms with van der Waals surface area (Å²) in [6.45, 7) is 3.89. The summed E-state index contributed by atoms with van der Waals surface area (Å²) in [5.74, 6) is -0.101. The van der Waals surface area contributed by atoms with Gasteiger partial charge in [-0.15, -0.1) is 0 Å². The van der Waals surface area contributed by atoms with Gasteiger partial charge in [0.1, 0.15) is 5.75 Å². The number of piperidine rings is 1. The Labute approximate surface area is 117 Å². The van der Waals surface area contributed by atoms with Gasteiger partial charge in [0.2, 0.25) is 0 Å². The van der Waals surface area contributed by atoms with Crippen LogP contribution in [0.1, 0.15) is 30.1 Å². The number of rotatable bonds is 3. The van der Waals surface area contributed by atoms with Crippen molar-refractivity contribution in [3.8, 4) is 5.75 Å². The summed E-state index contributed by atoms with van der Waals surface area (Å²) in [7, 11) is 0. The summed E-state index contributed by atoms with van der Waals surface area (Å²) in [5, 5.41) is 9.83. The number of carbonyl (C=O) groups excluding carboxylic acids is 1. The van der Waals surface area contributed by atoms with Crippen LogP contribution in [0.15, 0.2) is 18.2 Å². The molecule has 2 rings (SSSR count). The lowest BCUT2D eigenvalue weighted by Gasteiger charge is -2.32. The van der Waals surface area contributed by atoms with Gasteiger partial charge in [-0.25, -0.2) is 0 Å². The summed E-state index contributed by atoms with van der Waals surface area (Å²) in [6, 6.07) is 4.42. The highest BCUT2D eigenvalue weighted by Crippen LogP contribution is 2.24. The SMILES string of the molecule is CCOC1CCCN(C(=O)c2cc(O)ccc2Cl)C1. The highest BCUT2D eigenvalue weighted by molar-refractivity contribution is 6.33. The Morgan fingerprint density at radius 2 is 2.37 bits per heavy atom. The van der Waals surface area contributed by atoms with E-state index in [1.165, 1.54) is 18.2 Å². The van der Waals surface area contributed by atoms with Crippen molar-refractivity contribution in [3.63, 3.8) is 0 Å². The standard InChI is InChI=1S/C14H18ClNO3/c1-2-19-11-4-3-7-16(9-11)14(18)12-8-10(17)5-6-13(12)15/h5-6,8,11,17H,2-4,7,9H2,1H3. The Morgan fingerprint density at radius 3 is 3.11 bits per heavy atom. The molecule has 1 unspecified atom stereocenters. The van der Waals surface area contributed by atoms with E-state index < -0.39 is 0 Å². The van der Waals surface area contributed by atoms with Crippen LogP contribution in [0.25, 0.3) is 0 Å². The van der Waals surface area contributed by atoms with E-state index in [0.29, 0.717) is 30.3 Å². The number of phenols is 1. The molecule has 1 fully saturated rings. The predicted molar refractivity (Wildman–Crippen MR) is 73.7 cm³/mol. The van der Waals surface area contributed by atoms with E-state index >= 15 is 0 Å². The average Bonchev–Trinajstić information content (AvgIpc) is 2.41. The minimum atomic E-state index is -0.148. The number of benzene rings is 1. The molecule has 1 aromatic rings. The molecule has 1 saturated heterocycles. The van der Waals surface area contributed by atoms with Gasteiger partial charge in [-0.3, -0.25) is 4.79 Å². The van der Waals surface area contributed by atoms with Crippen LogP contribution in [0, 0.1) is 0 Å². The summed E-state index contributed by atoms with van der Waals surface area (Å²) in [4.78, 5) is 14.1. The van der Waals surface area contributed by atoms with E-state index in [4.69, 9.17) is 16.3 Å². The van der Waals surface area contributed by atoms with Gasteiger partial charge in [0, 0.05) is 19.7 Å². The maximum atomic E-state index is 12.4. The molecule has 1 heterocycles. The van der Waals surface area contributed by atoms with Crippen molar-refractivity contribution >= 4 is 17.5 Å². The second-order valence-electron chi connectivity index (χ2n) is 4.63. The van der Waals surface area contributed by atoms with Gasteiger partial charge in [0.25, 0.3) is 5.91 Å². The van der Waals surface area contributed by atoms with Crippen LogP contribution in [-0.2, 0) is 4.74 Å². The Morgan fingerprint density at radius 1 is 1.58 bits per heavy atom. The number of nitrogens with zero attached hydrogens (tertiary/aromatic N) is 1. The summed E-state index contributed by atoms with van der Waals surface area (Å²) >= 11 is 6.02. The molecule has 1 aliphatic heterocycles. The molecular weight excluding hydrogens is 266 g/mol. The van der Waals surface area contributed by atoms with Crippen LogP contribution >= 0.6 is 11.6 Å². The normalized spacial score (nSPS) is 19.5. The fraction of sp³-hybridized carbons (Fsp3) is 0.500. The zero-order valence-corrected chi connectivity index (χ0v) is 11.7. The van der Waals surface area contributed by atoms with Crippen LogP contribution in [0.2, 0.25) is 5.02 Å². The maximum Gasteiger partial charge on any atom is 0.255 e. The van der Waals surface area contributed by atoms with Crippen molar-refractivity contribution < 1.29 is 14.6 Å². The zero-order valence-electron chi connectivity index (χ0n) is 10.9. The highest BCUT2D eigenvalue weighted by atomic mass is 35.5. The first kappa shape index (κ1) is 14.2. The van der Waals surface area contributed by atoms with Crippen molar-refractivity contribution in [1.29, 1.82) is 0 Å². The average molecular weight is 284 g/mol. The molecular formula is C14H18ClNO3. The molecule has 5 heteroatoms. The molecule has 0 saturated carbocycles. The highest BCUT2D eigenvalue weighted by Gasteiger charge is 2.26. The van der Waals surface area contributed by atoms with Crippen molar-refractivity contribution in [2.24, 2.45) is 0 Å². The van der Waals surface area contributed by atoms with Crippen molar-refractivity contribution in [2.45, 2.75) is 25.9 Å². The van der Waals surface area contributed by atoms with Crippen molar-refractivity contribution in [3.05, 3.63) is 28.8 Å². The molecule has 0 bridgehead atoms. The number of halogens is 1. The maximum absolute atomic E-state index is 12.4. The fourth-order valence-corrected chi connectivity index (χ4v) is 2.54. The second-order valence-corrected chi connectivity index (χ2v) is 5.04. The summed E-state index contributed by atoms with van der Waals surface area (Å²) < 4.78 is 5.58. The van der Waals surface area contributed by atoms with Crippen molar-refractivity contribution in [2.75, 3.05) is 19.7 Å². The lowest BCUT2D eigenvalue weighted by atomic mass is 10.1. The first-order chi connectivity index (χ1) is 9.11. The molecule has 1 aliphatic rings. The van der Waals surface area contributed by atoms with Gasteiger partial charge in [-0.2, -0.15) is 0 Å².